The number of nitrogens with one attached hydrogen (secondary N) is 1. The van der Waals surface area contributed by atoms with Gasteiger partial charge < -0.3 is 4.74 Å². The van der Waals surface area contributed by atoms with Gasteiger partial charge >= 0.3 is 0 Å². The number of carbonyl (C=O) groups is 1. The minimum atomic E-state index is -0.362. The molecule has 0 saturated carbocycles. The lowest BCUT2D eigenvalue weighted by Crippen LogP contribution is -2.34. The average molecular weight is 335 g/mol. The lowest BCUT2D eigenvalue weighted by molar-refractivity contribution is -0.123. The second-order valence-corrected chi connectivity index (χ2v) is 5.19. The molecule has 3 N–H and O–H groups in total. The quantitative estimate of drug-likeness (QED) is 0.501. The van der Waals surface area contributed by atoms with E-state index in [9.17, 15) is 4.79 Å². The number of rotatable bonds is 5. The van der Waals surface area contributed by atoms with Gasteiger partial charge in [-0.15, -0.1) is 0 Å². The van der Waals surface area contributed by atoms with Crippen LogP contribution >= 0.6 is 15.9 Å². The molecule has 2 rings (SSSR count). The summed E-state index contributed by atoms with van der Waals surface area (Å²) >= 11 is 3.45. The first-order chi connectivity index (χ1) is 9.69. The van der Waals surface area contributed by atoms with Gasteiger partial charge in [0.15, 0.2) is 6.61 Å². The summed E-state index contributed by atoms with van der Waals surface area (Å²) in [5, 5.41) is 0. The molecule has 1 amide bonds. The highest BCUT2D eigenvalue weighted by Crippen LogP contribution is 2.25. The summed E-state index contributed by atoms with van der Waals surface area (Å²) in [7, 11) is 0. The van der Waals surface area contributed by atoms with Crippen molar-refractivity contribution in [2.45, 2.75) is 6.42 Å². The highest BCUT2D eigenvalue weighted by atomic mass is 79.9. The highest BCUT2D eigenvalue weighted by molar-refractivity contribution is 9.10. The molecule has 0 aliphatic heterocycles. The molecule has 0 aliphatic carbocycles. The maximum Gasteiger partial charge on any atom is 0.271 e. The van der Waals surface area contributed by atoms with E-state index in [1.165, 1.54) is 5.56 Å². The van der Waals surface area contributed by atoms with Gasteiger partial charge in [-0.3, -0.25) is 10.2 Å². The highest BCUT2D eigenvalue weighted by Gasteiger charge is 2.08. The van der Waals surface area contributed by atoms with Crippen molar-refractivity contribution in [3.8, 4) is 5.75 Å². The molecular weight excluding hydrogens is 320 g/mol. The monoisotopic (exact) mass is 334 g/mol. The van der Waals surface area contributed by atoms with Crippen LogP contribution in [0.3, 0.4) is 0 Å². The minimum Gasteiger partial charge on any atom is -0.483 e. The van der Waals surface area contributed by atoms with Crippen molar-refractivity contribution in [3.05, 3.63) is 64.1 Å². The number of hydrazine groups is 1. The molecule has 0 aliphatic rings. The molecule has 0 unspecified atom stereocenters. The van der Waals surface area contributed by atoms with Crippen LogP contribution in [0, 0.1) is 0 Å². The molecule has 0 radical (unpaired) electrons. The molecule has 0 spiro atoms. The number of amides is 1. The molecule has 20 heavy (non-hydrogen) atoms. The zero-order valence-corrected chi connectivity index (χ0v) is 12.4. The van der Waals surface area contributed by atoms with Crippen LogP contribution in [0.2, 0.25) is 0 Å². The maximum absolute atomic E-state index is 11.2. The Balaban J connectivity index is 2.17. The van der Waals surface area contributed by atoms with Crippen LogP contribution in [0.4, 0.5) is 0 Å². The van der Waals surface area contributed by atoms with Gasteiger partial charge in [0.25, 0.3) is 5.91 Å². The van der Waals surface area contributed by atoms with Gasteiger partial charge in [-0.25, -0.2) is 5.84 Å². The van der Waals surface area contributed by atoms with Crippen molar-refractivity contribution in [2.75, 3.05) is 6.61 Å². The number of ether oxygens (including phenoxy) is 1. The molecule has 4 nitrogen and oxygen atoms in total. The van der Waals surface area contributed by atoms with E-state index < -0.39 is 0 Å². The third-order valence-corrected chi connectivity index (χ3v) is 3.27. The topological polar surface area (TPSA) is 64.3 Å². The Kier molecular flexibility index (Phi) is 5.15. The molecule has 104 valence electrons. The van der Waals surface area contributed by atoms with Crippen molar-refractivity contribution in [3.63, 3.8) is 0 Å². The number of hydrogen-bond donors (Lipinski definition) is 2. The van der Waals surface area contributed by atoms with Crippen molar-refractivity contribution >= 4 is 21.8 Å². The third-order valence-electron chi connectivity index (χ3n) is 2.78. The largest absolute Gasteiger partial charge is 0.483 e. The lowest BCUT2D eigenvalue weighted by atomic mass is 10.0. The summed E-state index contributed by atoms with van der Waals surface area (Å²) in [6.07, 6.45) is 0.736. The smallest absolute Gasteiger partial charge is 0.271 e. The van der Waals surface area contributed by atoms with E-state index >= 15 is 0 Å². The number of nitrogens with two attached hydrogens (primary N) is 1. The number of halogens is 1. The van der Waals surface area contributed by atoms with E-state index in [1.807, 2.05) is 41.8 Å². The Hall–Kier alpha value is -1.85. The molecule has 0 aromatic heterocycles. The van der Waals surface area contributed by atoms with Gasteiger partial charge in [0.1, 0.15) is 5.75 Å². The van der Waals surface area contributed by atoms with Gasteiger partial charge in [-0.1, -0.05) is 46.3 Å². The zero-order valence-electron chi connectivity index (χ0n) is 10.8. The second kappa shape index (κ2) is 7.07. The Labute approximate surface area is 126 Å². The van der Waals surface area contributed by atoms with Gasteiger partial charge in [-0.2, -0.15) is 0 Å². The number of carbonyl (C=O) groups excluding carboxylic acids is 1. The fourth-order valence-corrected chi connectivity index (χ4v) is 2.24. The second-order valence-electron chi connectivity index (χ2n) is 4.27. The van der Waals surface area contributed by atoms with Crippen LogP contribution in [-0.4, -0.2) is 12.5 Å². The van der Waals surface area contributed by atoms with Crippen LogP contribution in [0.5, 0.6) is 5.75 Å². The molecule has 0 fully saturated rings. The van der Waals surface area contributed by atoms with Crippen LogP contribution in [0.15, 0.2) is 53.0 Å². The molecule has 2 aromatic rings. The fraction of sp³-hybridized carbons (Fsp3) is 0.133. The van der Waals surface area contributed by atoms with Gasteiger partial charge in [0.05, 0.1) is 0 Å². The first-order valence-electron chi connectivity index (χ1n) is 6.13. The SMILES string of the molecule is NNC(=O)COc1ccc(Br)cc1Cc1ccccc1. The summed E-state index contributed by atoms with van der Waals surface area (Å²) in [4.78, 5) is 11.2. The first-order valence-corrected chi connectivity index (χ1v) is 6.93. The lowest BCUT2D eigenvalue weighted by Gasteiger charge is -2.11. The molecule has 0 bridgehead atoms. The van der Waals surface area contributed by atoms with Crippen LogP contribution in [-0.2, 0) is 11.2 Å². The van der Waals surface area contributed by atoms with Crippen molar-refractivity contribution in [1.29, 1.82) is 0 Å². The predicted octanol–water partition coefficient (Wildman–Crippen LogP) is 2.41. The zero-order chi connectivity index (χ0) is 14.4. The van der Waals surface area contributed by atoms with Gasteiger partial charge in [-0.05, 0) is 29.3 Å². The average Bonchev–Trinajstić information content (AvgIpc) is 2.47. The first kappa shape index (κ1) is 14.6. The summed E-state index contributed by atoms with van der Waals surface area (Å²) < 4.78 is 6.48. The van der Waals surface area contributed by atoms with E-state index in [0.717, 1.165) is 16.5 Å². The molecule has 2 aromatic carbocycles. The van der Waals surface area contributed by atoms with Gasteiger partial charge in [0, 0.05) is 10.9 Å². The number of hydrogen-bond acceptors (Lipinski definition) is 3. The maximum atomic E-state index is 11.2. The van der Waals surface area contributed by atoms with Crippen molar-refractivity contribution in [2.24, 2.45) is 5.84 Å². The summed E-state index contributed by atoms with van der Waals surface area (Å²) in [6, 6.07) is 15.8. The summed E-state index contributed by atoms with van der Waals surface area (Å²) in [6.45, 7) is -0.0973. The molecular formula is C15H15BrN2O2. The van der Waals surface area contributed by atoms with Crippen molar-refractivity contribution in [1.82, 2.24) is 5.43 Å². The number of benzene rings is 2. The summed E-state index contributed by atoms with van der Waals surface area (Å²) in [5.74, 6) is 5.35. The molecule has 0 heterocycles. The minimum absolute atomic E-state index is 0.0973. The fourth-order valence-electron chi connectivity index (χ4n) is 1.83. The predicted molar refractivity (Wildman–Crippen MR) is 81.2 cm³/mol. The molecule has 0 atom stereocenters. The Morgan fingerprint density at radius 2 is 1.95 bits per heavy atom. The van der Waals surface area contributed by atoms with E-state index in [4.69, 9.17) is 10.6 Å². The molecule has 5 heteroatoms. The normalized spacial score (nSPS) is 10.1. The van der Waals surface area contributed by atoms with E-state index in [0.29, 0.717) is 5.75 Å². The Morgan fingerprint density at radius 1 is 1.20 bits per heavy atom. The van der Waals surface area contributed by atoms with Crippen LogP contribution in [0.25, 0.3) is 0 Å². The molecule has 0 saturated heterocycles. The summed E-state index contributed by atoms with van der Waals surface area (Å²) in [5.41, 5.74) is 4.23. The van der Waals surface area contributed by atoms with Crippen LogP contribution in [0.1, 0.15) is 11.1 Å². The van der Waals surface area contributed by atoms with Gasteiger partial charge in [0.2, 0.25) is 0 Å². The van der Waals surface area contributed by atoms with Crippen LogP contribution < -0.4 is 16.0 Å². The van der Waals surface area contributed by atoms with Crippen molar-refractivity contribution < 1.29 is 9.53 Å². The van der Waals surface area contributed by atoms with E-state index in [1.54, 1.807) is 0 Å². The Bertz CT molecular complexity index is 588. The third kappa shape index (κ3) is 4.08. The Morgan fingerprint density at radius 3 is 2.65 bits per heavy atom. The standard InChI is InChI=1S/C15H15BrN2O2/c16-13-6-7-14(20-10-15(19)18-17)12(9-13)8-11-4-2-1-3-5-11/h1-7,9H,8,10,17H2,(H,18,19). The van der Waals surface area contributed by atoms with E-state index in [2.05, 4.69) is 28.1 Å². The van der Waals surface area contributed by atoms with E-state index in [-0.39, 0.29) is 12.5 Å².